The number of rotatable bonds is 1. The average molecular weight is 221 g/mol. The van der Waals surface area contributed by atoms with Crippen LogP contribution in [0.1, 0.15) is 5.69 Å². The van der Waals surface area contributed by atoms with Crippen LogP contribution in [-0.2, 0) is 0 Å². The van der Waals surface area contributed by atoms with Gasteiger partial charge >= 0.3 is 6.09 Å². The summed E-state index contributed by atoms with van der Waals surface area (Å²) in [4.78, 5) is 10.3. The number of amides is 1. The minimum Gasteiger partial charge on any atom is -0.404 e. The summed E-state index contributed by atoms with van der Waals surface area (Å²) in [6.07, 6.45) is -0.892. The van der Waals surface area contributed by atoms with Crippen molar-refractivity contribution in [2.24, 2.45) is 5.73 Å². The summed E-state index contributed by atoms with van der Waals surface area (Å²) < 4.78 is 9.44. The third-order valence-corrected chi connectivity index (χ3v) is 1.48. The zero-order valence-electron chi connectivity index (χ0n) is 5.63. The van der Waals surface area contributed by atoms with Gasteiger partial charge in [-0.3, -0.25) is 0 Å². The van der Waals surface area contributed by atoms with Crippen molar-refractivity contribution in [2.45, 2.75) is 6.92 Å². The quantitative estimate of drug-likeness (QED) is 0.772. The van der Waals surface area contributed by atoms with Crippen molar-refractivity contribution in [1.29, 1.82) is 0 Å². The zero-order valence-corrected chi connectivity index (χ0v) is 7.21. The molecule has 0 bridgehead atoms. The molecule has 2 N–H and O–H groups in total. The van der Waals surface area contributed by atoms with Gasteiger partial charge in [0, 0.05) is 0 Å². The number of halogens is 1. The number of nitrogens with two attached hydrogens (primary N) is 1. The largest absolute Gasteiger partial charge is 0.410 e. The van der Waals surface area contributed by atoms with Crippen LogP contribution >= 0.6 is 15.9 Å². The molecule has 1 amide bonds. The summed E-state index contributed by atoms with van der Waals surface area (Å²) in [5.41, 5.74) is 5.24. The Morgan fingerprint density at radius 3 is 2.82 bits per heavy atom. The second-order valence-electron chi connectivity index (χ2n) is 1.79. The van der Waals surface area contributed by atoms with Crippen molar-refractivity contribution in [3.05, 3.63) is 10.4 Å². The van der Waals surface area contributed by atoms with E-state index in [1.54, 1.807) is 6.92 Å². The predicted octanol–water partition coefficient (Wildman–Crippen LogP) is 1.20. The maximum absolute atomic E-state index is 10.3. The number of aromatic nitrogens is 1. The van der Waals surface area contributed by atoms with E-state index in [1.807, 2.05) is 0 Å². The van der Waals surface area contributed by atoms with Crippen LogP contribution in [0.2, 0.25) is 0 Å². The van der Waals surface area contributed by atoms with Crippen molar-refractivity contribution in [3.63, 3.8) is 0 Å². The summed E-state index contributed by atoms with van der Waals surface area (Å²) in [6.45, 7) is 1.63. The first-order chi connectivity index (χ1) is 5.11. The molecule has 1 aromatic rings. The van der Waals surface area contributed by atoms with Crippen LogP contribution in [0.5, 0.6) is 5.75 Å². The maximum Gasteiger partial charge on any atom is 0.410 e. The summed E-state index contributed by atoms with van der Waals surface area (Å²) in [5.74, 6) is 0.220. The Balaban J connectivity index is 2.92. The number of hydrogen-bond donors (Lipinski definition) is 1. The van der Waals surface area contributed by atoms with Crippen molar-refractivity contribution in [1.82, 2.24) is 5.16 Å². The molecule has 0 aromatic carbocycles. The highest BCUT2D eigenvalue weighted by Crippen LogP contribution is 2.27. The molecule has 0 fully saturated rings. The van der Waals surface area contributed by atoms with E-state index in [2.05, 4.69) is 30.3 Å². The Kier molecular flexibility index (Phi) is 2.13. The summed E-state index contributed by atoms with van der Waals surface area (Å²) in [5, 5.41) is 3.51. The van der Waals surface area contributed by atoms with Crippen molar-refractivity contribution in [2.75, 3.05) is 0 Å². The Bertz CT molecular complexity index is 264. The molecule has 0 atom stereocenters. The highest BCUT2D eigenvalue weighted by molar-refractivity contribution is 9.10. The Morgan fingerprint density at radius 1 is 1.82 bits per heavy atom. The molecule has 0 radical (unpaired) electrons. The smallest absolute Gasteiger partial charge is 0.404 e. The molecule has 6 heteroatoms. The number of nitrogens with zero attached hydrogens (tertiary/aromatic N) is 1. The van der Waals surface area contributed by atoms with E-state index in [0.29, 0.717) is 5.69 Å². The van der Waals surface area contributed by atoms with E-state index in [0.717, 1.165) is 0 Å². The molecule has 60 valence electrons. The van der Waals surface area contributed by atoms with Crippen LogP contribution in [-0.4, -0.2) is 11.2 Å². The molecule has 11 heavy (non-hydrogen) atoms. The molecule has 0 aliphatic rings. The third-order valence-electron chi connectivity index (χ3n) is 0.973. The lowest BCUT2D eigenvalue weighted by Gasteiger charge is -1.95. The highest BCUT2D eigenvalue weighted by atomic mass is 79.9. The van der Waals surface area contributed by atoms with Gasteiger partial charge in [-0.2, -0.15) is 0 Å². The predicted molar refractivity (Wildman–Crippen MR) is 39.2 cm³/mol. The van der Waals surface area contributed by atoms with Crippen LogP contribution in [0.15, 0.2) is 9.19 Å². The number of carbonyl (C=O) groups excluding carboxylic acids is 1. The molecule has 0 saturated heterocycles. The van der Waals surface area contributed by atoms with Crippen molar-refractivity contribution < 1.29 is 14.1 Å². The third kappa shape index (κ3) is 1.70. The lowest BCUT2D eigenvalue weighted by molar-refractivity contribution is 0.209. The molecule has 0 saturated carbocycles. The molecular formula is C5H5BrN2O3. The van der Waals surface area contributed by atoms with E-state index in [4.69, 9.17) is 5.73 Å². The van der Waals surface area contributed by atoms with Gasteiger partial charge in [0.1, 0.15) is 5.69 Å². The molecule has 1 rings (SSSR count). The van der Waals surface area contributed by atoms with Gasteiger partial charge in [0.05, 0.1) is 0 Å². The SMILES string of the molecule is Cc1noc(Br)c1OC(N)=O. The first-order valence-electron chi connectivity index (χ1n) is 2.70. The summed E-state index contributed by atoms with van der Waals surface area (Å²) in [7, 11) is 0. The van der Waals surface area contributed by atoms with Crippen LogP contribution in [0, 0.1) is 6.92 Å². The number of hydrogen-bond acceptors (Lipinski definition) is 4. The molecule has 0 aliphatic heterocycles. The fraction of sp³-hybridized carbons (Fsp3) is 0.200. The van der Waals surface area contributed by atoms with E-state index >= 15 is 0 Å². The van der Waals surface area contributed by atoms with Gasteiger partial charge in [0.2, 0.25) is 10.4 Å². The van der Waals surface area contributed by atoms with Gasteiger partial charge in [-0.1, -0.05) is 5.16 Å². The number of ether oxygens (including phenoxy) is 1. The monoisotopic (exact) mass is 220 g/mol. The minimum absolute atomic E-state index is 0.220. The van der Waals surface area contributed by atoms with E-state index in [-0.39, 0.29) is 10.4 Å². The number of carbonyl (C=O) groups is 1. The van der Waals surface area contributed by atoms with Crippen molar-refractivity contribution >= 4 is 22.0 Å². The van der Waals surface area contributed by atoms with E-state index < -0.39 is 6.09 Å². The summed E-state index contributed by atoms with van der Waals surface area (Å²) >= 11 is 2.98. The molecule has 0 unspecified atom stereocenters. The molecule has 0 spiro atoms. The standard InChI is InChI=1S/C5H5BrN2O3/c1-2-3(10-5(7)9)4(6)11-8-2/h1H3,(H2,7,9). The molecule has 0 aliphatic carbocycles. The fourth-order valence-corrected chi connectivity index (χ4v) is 0.988. The second-order valence-corrected chi connectivity index (χ2v) is 2.51. The molecule has 1 aromatic heterocycles. The average Bonchev–Trinajstić information content (AvgIpc) is 2.18. The lowest BCUT2D eigenvalue weighted by atomic mass is 10.5. The molecule has 5 nitrogen and oxygen atoms in total. The first kappa shape index (κ1) is 8.06. The van der Waals surface area contributed by atoms with Crippen LogP contribution in [0.4, 0.5) is 4.79 Å². The maximum atomic E-state index is 10.3. The normalized spacial score (nSPS) is 9.64. The number of primary amides is 1. The van der Waals surface area contributed by atoms with Gasteiger partial charge < -0.3 is 15.0 Å². The summed E-state index contributed by atoms with van der Waals surface area (Å²) in [6, 6.07) is 0. The van der Waals surface area contributed by atoms with Gasteiger partial charge in [0.25, 0.3) is 0 Å². The van der Waals surface area contributed by atoms with Gasteiger partial charge in [-0.15, -0.1) is 0 Å². The molecule has 1 heterocycles. The highest BCUT2D eigenvalue weighted by Gasteiger charge is 2.13. The Morgan fingerprint density at radius 2 is 2.45 bits per heavy atom. The first-order valence-corrected chi connectivity index (χ1v) is 3.49. The number of aryl methyl sites for hydroxylation is 1. The second kappa shape index (κ2) is 2.91. The van der Waals surface area contributed by atoms with Gasteiger partial charge in [0.15, 0.2) is 0 Å². The van der Waals surface area contributed by atoms with Crippen LogP contribution in [0.3, 0.4) is 0 Å². The van der Waals surface area contributed by atoms with Crippen LogP contribution in [0.25, 0.3) is 0 Å². The fourth-order valence-electron chi connectivity index (χ4n) is 0.548. The topological polar surface area (TPSA) is 78.3 Å². The Hall–Kier alpha value is -1.04. The lowest BCUT2D eigenvalue weighted by Crippen LogP contribution is -2.16. The Labute approximate surface area is 70.6 Å². The van der Waals surface area contributed by atoms with Gasteiger partial charge in [-0.05, 0) is 22.9 Å². The van der Waals surface area contributed by atoms with E-state index in [1.165, 1.54) is 0 Å². The zero-order chi connectivity index (χ0) is 8.43. The van der Waals surface area contributed by atoms with E-state index in [9.17, 15) is 4.79 Å². The van der Waals surface area contributed by atoms with Crippen molar-refractivity contribution in [3.8, 4) is 5.75 Å². The minimum atomic E-state index is -0.892. The van der Waals surface area contributed by atoms with Crippen LogP contribution < -0.4 is 10.5 Å². The van der Waals surface area contributed by atoms with Gasteiger partial charge in [-0.25, -0.2) is 4.79 Å². The molecular weight excluding hydrogens is 216 g/mol.